The van der Waals surface area contributed by atoms with Crippen molar-refractivity contribution in [2.45, 2.75) is 44.9 Å². The fourth-order valence-electron chi connectivity index (χ4n) is 2.62. The van der Waals surface area contributed by atoms with Gasteiger partial charge in [-0.1, -0.05) is 6.07 Å². The summed E-state index contributed by atoms with van der Waals surface area (Å²) in [6.07, 6.45) is 5.33. The predicted octanol–water partition coefficient (Wildman–Crippen LogP) is 1.95. The number of ether oxygens (including phenoxy) is 1. The van der Waals surface area contributed by atoms with Crippen molar-refractivity contribution in [2.75, 3.05) is 26.2 Å². The molecular weight excluding hydrogens is 250 g/mol. The van der Waals surface area contributed by atoms with E-state index in [-0.39, 0.29) is 0 Å². The average Bonchev–Trinajstić information content (AvgIpc) is 3.17. The van der Waals surface area contributed by atoms with Crippen LogP contribution in [-0.2, 0) is 17.9 Å². The Kier molecular flexibility index (Phi) is 5.01. The van der Waals surface area contributed by atoms with Crippen molar-refractivity contribution >= 4 is 0 Å². The lowest BCUT2D eigenvalue weighted by molar-refractivity contribution is 0.0970. The minimum atomic E-state index is 0.630. The molecule has 1 aromatic rings. The lowest BCUT2D eigenvalue weighted by Gasteiger charge is -2.14. The number of rotatable bonds is 8. The molecule has 1 saturated carbocycles. The fourth-order valence-corrected chi connectivity index (χ4v) is 2.62. The standard InChI is InChI=1S/C16H25N3O/c1-2-9-19(8-1)10-11-20-13-16-5-3-4-15(18-16)12-17-14-6-7-14/h3-5,14,17H,1-2,6-13H2. The molecule has 1 aliphatic carbocycles. The molecule has 0 amide bonds. The SMILES string of the molecule is c1cc(CNC2CC2)nc(COCCN2CCCC2)c1. The van der Waals surface area contributed by atoms with Crippen LogP contribution in [0.25, 0.3) is 0 Å². The topological polar surface area (TPSA) is 37.4 Å². The van der Waals surface area contributed by atoms with Gasteiger partial charge in [0.1, 0.15) is 0 Å². The summed E-state index contributed by atoms with van der Waals surface area (Å²) in [5.74, 6) is 0. The summed E-state index contributed by atoms with van der Waals surface area (Å²) in [6.45, 7) is 5.86. The first-order chi connectivity index (χ1) is 9.90. The Morgan fingerprint density at radius 1 is 1.20 bits per heavy atom. The Bertz CT molecular complexity index is 414. The number of likely N-dealkylation sites (tertiary alicyclic amines) is 1. The van der Waals surface area contributed by atoms with Crippen LogP contribution in [0.1, 0.15) is 37.1 Å². The molecule has 2 fully saturated rings. The van der Waals surface area contributed by atoms with Gasteiger partial charge >= 0.3 is 0 Å². The maximum atomic E-state index is 5.75. The third kappa shape index (κ3) is 4.54. The molecule has 0 radical (unpaired) electrons. The summed E-state index contributed by atoms with van der Waals surface area (Å²) in [6, 6.07) is 6.95. The highest BCUT2D eigenvalue weighted by Gasteiger charge is 2.20. The van der Waals surface area contributed by atoms with E-state index < -0.39 is 0 Å². The van der Waals surface area contributed by atoms with E-state index >= 15 is 0 Å². The molecule has 0 bridgehead atoms. The normalized spacial score (nSPS) is 19.6. The van der Waals surface area contributed by atoms with Crippen LogP contribution in [0, 0.1) is 0 Å². The lowest BCUT2D eigenvalue weighted by atomic mass is 10.3. The minimum Gasteiger partial charge on any atom is -0.374 e. The Morgan fingerprint density at radius 2 is 2.00 bits per heavy atom. The number of hydrogen-bond acceptors (Lipinski definition) is 4. The van der Waals surface area contributed by atoms with Crippen LogP contribution in [0.4, 0.5) is 0 Å². The van der Waals surface area contributed by atoms with Gasteiger partial charge in [0.2, 0.25) is 0 Å². The lowest BCUT2D eigenvalue weighted by Crippen LogP contribution is -2.24. The second-order valence-electron chi connectivity index (χ2n) is 5.88. The zero-order valence-corrected chi connectivity index (χ0v) is 12.2. The Hall–Kier alpha value is -0.970. The smallest absolute Gasteiger partial charge is 0.0888 e. The predicted molar refractivity (Wildman–Crippen MR) is 79.4 cm³/mol. The second kappa shape index (κ2) is 7.16. The van der Waals surface area contributed by atoms with Gasteiger partial charge < -0.3 is 15.0 Å². The van der Waals surface area contributed by atoms with Crippen LogP contribution in [0.15, 0.2) is 18.2 Å². The van der Waals surface area contributed by atoms with Gasteiger partial charge in [-0.25, -0.2) is 0 Å². The second-order valence-corrected chi connectivity index (χ2v) is 5.88. The Balaban J connectivity index is 1.36. The molecule has 4 nitrogen and oxygen atoms in total. The van der Waals surface area contributed by atoms with Crippen molar-refractivity contribution < 1.29 is 4.74 Å². The molecule has 0 unspecified atom stereocenters. The van der Waals surface area contributed by atoms with E-state index in [1.165, 1.54) is 38.8 Å². The van der Waals surface area contributed by atoms with E-state index in [1.807, 2.05) is 0 Å². The molecular formula is C16H25N3O. The molecule has 0 atom stereocenters. The zero-order valence-electron chi connectivity index (χ0n) is 12.2. The third-order valence-corrected chi connectivity index (χ3v) is 4.01. The van der Waals surface area contributed by atoms with Crippen molar-refractivity contribution in [1.82, 2.24) is 15.2 Å². The molecule has 20 heavy (non-hydrogen) atoms. The number of hydrogen-bond donors (Lipinski definition) is 1. The summed E-state index contributed by atoms with van der Waals surface area (Å²) in [7, 11) is 0. The van der Waals surface area contributed by atoms with Crippen molar-refractivity contribution in [1.29, 1.82) is 0 Å². The summed E-state index contributed by atoms with van der Waals surface area (Å²) >= 11 is 0. The molecule has 110 valence electrons. The molecule has 0 spiro atoms. The van der Waals surface area contributed by atoms with E-state index in [9.17, 15) is 0 Å². The summed E-state index contributed by atoms with van der Waals surface area (Å²) in [4.78, 5) is 7.12. The van der Waals surface area contributed by atoms with Crippen LogP contribution in [0.5, 0.6) is 0 Å². The van der Waals surface area contributed by atoms with Crippen LogP contribution in [0.2, 0.25) is 0 Å². The zero-order chi connectivity index (χ0) is 13.6. The Morgan fingerprint density at radius 3 is 2.80 bits per heavy atom. The van der Waals surface area contributed by atoms with Crippen LogP contribution in [0.3, 0.4) is 0 Å². The van der Waals surface area contributed by atoms with Crippen molar-refractivity contribution in [3.8, 4) is 0 Å². The van der Waals surface area contributed by atoms with Gasteiger partial charge in [0.15, 0.2) is 0 Å². The third-order valence-electron chi connectivity index (χ3n) is 4.01. The van der Waals surface area contributed by atoms with Gasteiger partial charge in [0, 0.05) is 19.1 Å². The maximum absolute atomic E-state index is 5.75. The maximum Gasteiger partial charge on any atom is 0.0888 e. The minimum absolute atomic E-state index is 0.630. The highest BCUT2D eigenvalue weighted by atomic mass is 16.5. The molecule has 2 heterocycles. The summed E-state index contributed by atoms with van der Waals surface area (Å²) in [5.41, 5.74) is 2.17. The fraction of sp³-hybridized carbons (Fsp3) is 0.688. The number of pyridine rings is 1. The Labute approximate surface area is 121 Å². The number of aromatic nitrogens is 1. The molecule has 1 aromatic heterocycles. The van der Waals surface area contributed by atoms with E-state index in [0.717, 1.165) is 37.1 Å². The molecule has 1 aliphatic heterocycles. The first-order valence-electron chi connectivity index (χ1n) is 7.88. The monoisotopic (exact) mass is 275 g/mol. The highest BCUT2D eigenvalue weighted by Crippen LogP contribution is 2.19. The van der Waals surface area contributed by atoms with Crippen molar-refractivity contribution in [2.24, 2.45) is 0 Å². The molecule has 1 saturated heterocycles. The summed E-state index contributed by atoms with van der Waals surface area (Å²) < 4.78 is 5.75. The van der Waals surface area contributed by atoms with E-state index in [1.54, 1.807) is 0 Å². The summed E-state index contributed by atoms with van der Waals surface area (Å²) in [5, 5.41) is 3.49. The molecule has 2 aliphatic rings. The highest BCUT2D eigenvalue weighted by molar-refractivity contribution is 5.10. The van der Waals surface area contributed by atoms with E-state index in [2.05, 4.69) is 33.4 Å². The largest absolute Gasteiger partial charge is 0.374 e. The van der Waals surface area contributed by atoms with Crippen LogP contribution >= 0.6 is 0 Å². The first kappa shape index (κ1) is 14.0. The van der Waals surface area contributed by atoms with E-state index in [0.29, 0.717) is 6.61 Å². The van der Waals surface area contributed by atoms with Gasteiger partial charge in [-0.3, -0.25) is 4.98 Å². The first-order valence-corrected chi connectivity index (χ1v) is 7.88. The molecule has 4 heteroatoms. The van der Waals surface area contributed by atoms with Crippen molar-refractivity contribution in [3.63, 3.8) is 0 Å². The van der Waals surface area contributed by atoms with Gasteiger partial charge in [0.25, 0.3) is 0 Å². The van der Waals surface area contributed by atoms with Crippen LogP contribution in [-0.4, -0.2) is 42.2 Å². The quantitative estimate of drug-likeness (QED) is 0.736. The molecule has 0 aromatic carbocycles. The van der Waals surface area contributed by atoms with Gasteiger partial charge in [-0.2, -0.15) is 0 Å². The molecule has 1 N–H and O–H groups in total. The van der Waals surface area contributed by atoms with Gasteiger partial charge in [0.05, 0.1) is 24.6 Å². The number of nitrogens with zero attached hydrogens (tertiary/aromatic N) is 2. The van der Waals surface area contributed by atoms with E-state index in [4.69, 9.17) is 4.74 Å². The van der Waals surface area contributed by atoms with Crippen LogP contribution < -0.4 is 5.32 Å². The van der Waals surface area contributed by atoms with Crippen molar-refractivity contribution in [3.05, 3.63) is 29.6 Å². The van der Waals surface area contributed by atoms with Gasteiger partial charge in [-0.15, -0.1) is 0 Å². The number of nitrogens with one attached hydrogen (secondary N) is 1. The average molecular weight is 275 g/mol. The molecule has 3 rings (SSSR count). The van der Waals surface area contributed by atoms with Gasteiger partial charge in [-0.05, 0) is 50.9 Å².